The van der Waals surface area contributed by atoms with Crippen molar-refractivity contribution in [2.75, 3.05) is 5.32 Å². The van der Waals surface area contributed by atoms with Crippen molar-refractivity contribution in [1.82, 2.24) is 5.32 Å². The maximum absolute atomic E-state index is 11.6. The second kappa shape index (κ2) is 9.02. The average molecular weight is 309 g/mol. The van der Waals surface area contributed by atoms with Crippen LogP contribution in [0.4, 0.5) is 11.4 Å². The molecule has 114 valence electrons. The minimum absolute atomic E-state index is 0.00595. The maximum Gasteiger partial charge on any atom is 0.269 e. The molecule has 0 heterocycles. The summed E-state index contributed by atoms with van der Waals surface area (Å²) in [7, 11) is 0. The predicted octanol–water partition coefficient (Wildman–Crippen LogP) is 3.38. The van der Waals surface area contributed by atoms with Gasteiger partial charge in [-0.2, -0.15) is 0 Å². The molecule has 6 nitrogen and oxygen atoms in total. The Bertz CT molecular complexity index is 503. The first-order valence-electron chi connectivity index (χ1n) is 6.88. The molecule has 0 aliphatic rings. The number of nitrogens with one attached hydrogen (secondary N) is 2. The Kier molecular flexibility index (Phi) is 7.31. The molecule has 2 N–H and O–H groups in total. The lowest BCUT2D eigenvalue weighted by Gasteiger charge is -2.09. The molecule has 0 fully saturated rings. The molecule has 1 amide bonds. The standard InChI is InChI=1S/C14H19N3O3S/c1-2-3-4-5-6-13(18)16-14(21)15-11-7-9-12(10-8-11)17(19)20/h7-10H,2-6H2,1H3,(H2,15,16,18,21). The molecule has 0 radical (unpaired) electrons. The number of nitrogens with zero attached hydrogens (tertiary/aromatic N) is 1. The van der Waals surface area contributed by atoms with E-state index in [1.807, 2.05) is 0 Å². The second-order valence-corrected chi connectivity index (χ2v) is 5.03. The number of carbonyl (C=O) groups excluding carboxylic acids is 1. The minimum Gasteiger partial charge on any atom is -0.332 e. The number of nitro benzene ring substituents is 1. The van der Waals surface area contributed by atoms with E-state index in [4.69, 9.17) is 12.2 Å². The molecular formula is C14H19N3O3S. The lowest BCUT2D eigenvalue weighted by Crippen LogP contribution is -2.33. The Morgan fingerprint density at radius 1 is 1.24 bits per heavy atom. The zero-order valence-corrected chi connectivity index (χ0v) is 12.7. The van der Waals surface area contributed by atoms with Crippen LogP contribution in [0.3, 0.4) is 0 Å². The van der Waals surface area contributed by atoms with Crippen LogP contribution in [0, 0.1) is 10.1 Å². The monoisotopic (exact) mass is 309 g/mol. The number of nitro groups is 1. The third kappa shape index (κ3) is 6.80. The van der Waals surface area contributed by atoms with E-state index in [0.717, 1.165) is 25.7 Å². The van der Waals surface area contributed by atoms with Gasteiger partial charge in [0.15, 0.2) is 5.11 Å². The summed E-state index contributed by atoms with van der Waals surface area (Å²) >= 11 is 5.02. The Morgan fingerprint density at radius 3 is 2.48 bits per heavy atom. The van der Waals surface area contributed by atoms with Gasteiger partial charge in [0.05, 0.1) is 4.92 Å². The van der Waals surface area contributed by atoms with Crippen LogP contribution in [0.25, 0.3) is 0 Å². The van der Waals surface area contributed by atoms with E-state index in [1.54, 1.807) is 0 Å². The van der Waals surface area contributed by atoms with Crippen molar-refractivity contribution in [2.45, 2.75) is 39.0 Å². The summed E-state index contributed by atoms with van der Waals surface area (Å²) in [4.78, 5) is 21.7. The fourth-order valence-electron chi connectivity index (χ4n) is 1.73. The van der Waals surface area contributed by atoms with Crippen LogP contribution < -0.4 is 10.6 Å². The van der Waals surface area contributed by atoms with Crippen LogP contribution in [0.5, 0.6) is 0 Å². The first-order chi connectivity index (χ1) is 10.0. The first kappa shape index (κ1) is 17.0. The quantitative estimate of drug-likeness (QED) is 0.349. The zero-order chi connectivity index (χ0) is 15.7. The number of non-ortho nitro benzene ring substituents is 1. The van der Waals surface area contributed by atoms with Crippen molar-refractivity contribution in [3.63, 3.8) is 0 Å². The van der Waals surface area contributed by atoms with Gasteiger partial charge in [-0.05, 0) is 30.8 Å². The molecule has 1 rings (SSSR count). The van der Waals surface area contributed by atoms with Gasteiger partial charge in [0, 0.05) is 24.2 Å². The van der Waals surface area contributed by atoms with Crippen LogP contribution in [0.15, 0.2) is 24.3 Å². The van der Waals surface area contributed by atoms with Crippen LogP contribution in [0.1, 0.15) is 39.0 Å². The van der Waals surface area contributed by atoms with Crippen molar-refractivity contribution >= 4 is 34.6 Å². The third-order valence-corrected chi connectivity index (χ3v) is 3.05. The number of anilines is 1. The van der Waals surface area contributed by atoms with Gasteiger partial charge in [0.1, 0.15) is 0 Å². The molecule has 0 atom stereocenters. The highest BCUT2D eigenvalue weighted by Gasteiger charge is 2.07. The van der Waals surface area contributed by atoms with Gasteiger partial charge in [-0.1, -0.05) is 26.2 Å². The molecule has 0 aliphatic heterocycles. The average Bonchev–Trinajstić information content (AvgIpc) is 2.44. The molecule has 0 bridgehead atoms. The van der Waals surface area contributed by atoms with E-state index in [9.17, 15) is 14.9 Å². The normalized spacial score (nSPS) is 9.95. The van der Waals surface area contributed by atoms with Crippen molar-refractivity contribution in [2.24, 2.45) is 0 Å². The zero-order valence-electron chi connectivity index (χ0n) is 11.9. The fourth-order valence-corrected chi connectivity index (χ4v) is 1.96. The largest absolute Gasteiger partial charge is 0.332 e. The minimum atomic E-state index is -0.472. The maximum atomic E-state index is 11.6. The summed E-state index contributed by atoms with van der Waals surface area (Å²) in [5, 5.41) is 16.1. The number of hydrogen-bond donors (Lipinski definition) is 2. The summed E-state index contributed by atoms with van der Waals surface area (Å²) in [6.45, 7) is 2.11. The molecule has 0 saturated heterocycles. The summed E-state index contributed by atoms with van der Waals surface area (Å²) in [5.74, 6) is -0.120. The van der Waals surface area contributed by atoms with Crippen LogP contribution in [-0.4, -0.2) is 15.9 Å². The topological polar surface area (TPSA) is 84.3 Å². The Balaban J connectivity index is 2.35. The summed E-state index contributed by atoms with van der Waals surface area (Å²) in [6.07, 6.45) is 4.58. The van der Waals surface area contributed by atoms with Gasteiger partial charge in [-0.15, -0.1) is 0 Å². The number of unbranched alkanes of at least 4 members (excludes halogenated alkanes) is 3. The van der Waals surface area contributed by atoms with Crippen molar-refractivity contribution < 1.29 is 9.72 Å². The molecule has 0 aliphatic carbocycles. The molecule has 21 heavy (non-hydrogen) atoms. The molecule has 1 aromatic carbocycles. The van der Waals surface area contributed by atoms with E-state index < -0.39 is 4.92 Å². The van der Waals surface area contributed by atoms with Crippen molar-refractivity contribution in [3.8, 4) is 0 Å². The van der Waals surface area contributed by atoms with Crippen molar-refractivity contribution in [1.29, 1.82) is 0 Å². The third-order valence-electron chi connectivity index (χ3n) is 2.85. The summed E-state index contributed by atoms with van der Waals surface area (Å²) in [5.41, 5.74) is 0.600. The van der Waals surface area contributed by atoms with E-state index in [2.05, 4.69) is 17.6 Å². The first-order valence-corrected chi connectivity index (χ1v) is 7.29. The van der Waals surface area contributed by atoms with Gasteiger partial charge in [-0.25, -0.2) is 0 Å². The van der Waals surface area contributed by atoms with Gasteiger partial charge in [-0.3, -0.25) is 14.9 Å². The van der Waals surface area contributed by atoms with E-state index >= 15 is 0 Å². The Morgan fingerprint density at radius 2 is 1.90 bits per heavy atom. The molecule has 0 spiro atoms. The van der Waals surface area contributed by atoms with Gasteiger partial charge >= 0.3 is 0 Å². The van der Waals surface area contributed by atoms with Gasteiger partial charge in [0.2, 0.25) is 5.91 Å². The molecular weight excluding hydrogens is 290 g/mol. The van der Waals surface area contributed by atoms with Crippen LogP contribution in [0.2, 0.25) is 0 Å². The van der Waals surface area contributed by atoms with Crippen molar-refractivity contribution in [3.05, 3.63) is 34.4 Å². The molecule has 7 heteroatoms. The highest BCUT2D eigenvalue weighted by atomic mass is 32.1. The SMILES string of the molecule is CCCCCCC(=O)NC(=S)Nc1ccc([N+](=O)[O-])cc1. The number of rotatable bonds is 7. The van der Waals surface area contributed by atoms with E-state index in [1.165, 1.54) is 24.3 Å². The number of amides is 1. The van der Waals surface area contributed by atoms with Crippen LogP contribution in [-0.2, 0) is 4.79 Å². The lowest BCUT2D eigenvalue weighted by molar-refractivity contribution is -0.384. The number of benzene rings is 1. The number of hydrogen-bond acceptors (Lipinski definition) is 4. The Labute approximate surface area is 129 Å². The highest BCUT2D eigenvalue weighted by molar-refractivity contribution is 7.80. The summed E-state index contributed by atoms with van der Waals surface area (Å²) < 4.78 is 0. The molecule has 0 unspecified atom stereocenters. The number of carbonyl (C=O) groups is 1. The molecule has 0 saturated carbocycles. The molecule has 1 aromatic rings. The van der Waals surface area contributed by atoms with Gasteiger partial charge in [0.25, 0.3) is 5.69 Å². The molecule has 0 aromatic heterocycles. The number of thiocarbonyl (C=S) groups is 1. The van der Waals surface area contributed by atoms with E-state index in [0.29, 0.717) is 12.1 Å². The highest BCUT2D eigenvalue weighted by Crippen LogP contribution is 2.15. The van der Waals surface area contributed by atoms with Crippen LogP contribution >= 0.6 is 12.2 Å². The smallest absolute Gasteiger partial charge is 0.269 e. The van der Waals surface area contributed by atoms with Gasteiger partial charge < -0.3 is 10.6 Å². The second-order valence-electron chi connectivity index (χ2n) is 4.62. The predicted molar refractivity (Wildman–Crippen MR) is 86.2 cm³/mol. The summed E-state index contributed by atoms with van der Waals surface area (Å²) in [6, 6.07) is 5.82. The fraction of sp³-hybridized carbons (Fsp3) is 0.429. The Hall–Kier alpha value is -2.02. The lowest BCUT2D eigenvalue weighted by atomic mass is 10.1. The van der Waals surface area contributed by atoms with E-state index in [-0.39, 0.29) is 16.7 Å².